The topological polar surface area (TPSA) is 82.5 Å². The van der Waals surface area contributed by atoms with Crippen molar-refractivity contribution in [2.45, 2.75) is 18.4 Å². The summed E-state index contributed by atoms with van der Waals surface area (Å²) in [5.74, 6) is 0.496. The van der Waals surface area contributed by atoms with Crippen LogP contribution in [-0.2, 0) is 0 Å². The minimum atomic E-state index is -0.966. The molecule has 1 N–H and O–H groups in total. The van der Waals surface area contributed by atoms with Gasteiger partial charge in [-0.1, -0.05) is 0 Å². The molecule has 2 aromatic rings. The van der Waals surface area contributed by atoms with E-state index in [0.717, 1.165) is 13.0 Å². The molecule has 1 atom stereocenters. The molecule has 8 heteroatoms. The third-order valence-corrected chi connectivity index (χ3v) is 4.67. The molecule has 1 amide bonds. The van der Waals surface area contributed by atoms with Crippen LogP contribution in [0, 0.1) is 0 Å². The zero-order valence-electron chi connectivity index (χ0n) is 12.9. The Morgan fingerprint density at radius 3 is 2.96 bits per heavy atom. The zero-order chi connectivity index (χ0) is 16.3. The molecule has 2 aromatic heterocycles. The van der Waals surface area contributed by atoms with Gasteiger partial charge >= 0.3 is 0 Å². The van der Waals surface area contributed by atoms with Gasteiger partial charge in [-0.15, -0.1) is 11.3 Å². The van der Waals surface area contributed by atoms with E-state index < -0.39 is 5.60 Å². The molecule has 0 saturated carbocycles. The highest BCUT2D eigenvalue weighted by Crippen LogP contribution is 2.25. The summed E-state index contributed by atoms with van der Waals surface area (Å²) in [5.41, 5.74) is 0.664. The fourth-order valence-corrected chi connectivity index (χ4v) is 3.50. The SMILES string of the molecule is CN(CC1(O)CCCN(c2ncccn2)C1)C(=O)c1cncs1. The molecule has 0 bridgehead atoms. The first-order valence-corrected chi connectivity index (χ1v) is 8.34. The van der Waals surface area contributed by atoms with Gasteiger partial charge in [-0.05, 0) is 18.9 Å². The van der Waals surface area contributed by atoms with Gasteiger partial charge in [0.25, 0.3) is 5.91 Å². The number of aromatic nitrogens is 3. The summed E-state index contributed by atoms with van der Waals surface area (Å²) in [5, 5.41) is 10.9. The summed E-state index contributed by atoms with van der Waals surface area (Å²) in [7, 11) is 1.71. The number of thiazole rings is 1. The fourth-order valence-electron chi connectivity index (χ4n) is 2.89. The summed E-state index contributed by atoms with van der Waals surface area (Å²) in [4.78, 5) is 28.8. The van der Waals surface area contributed by atoms with Crippen molar-refractivity contribution in [1.29, 1.82) is 0 Å². The number of carbonyl (C=O) groups excluding carboxylic acids is 1. The van der Waals surface area contributed by atoms with E-state index in [0.29, 0.717) is 23.8 Å². The Hall–Kier alpha value is -2.06. The normalized spacial score (nSPS) is 21.2. The van der Waals surface area contributed by atoms with Crippen LogP contribution in [0.1, 0.15) is 22.5 Å². The van der Waals surface area contributed by atoms with Gasteiger partial charge < -0.3 is 14.9 Å². The van der Waals surface area contributed by atoms with Crippen molar-refractivity contribution in [3.05, 3.63) is 35.0 Å². The molecular weight excluding hydrogens is 314 g/mol. The molecule has 1 aliphatic rings. The van der Waals surface area contributed by atoms with Crippen LogP contribution in [0.5, 0.6) is 0 Å². The van der Waals surface area contributed by atoms with Crippen molar-refractivity contribution >= 4 is 23.2 Å². The van der Waals surface area contributed by atoms with Gasteiger partial charge in [-0.25, -0.2) is 9.97 Å². The number of rotatable bonds is 4. The molecule has 7 nitrogen and oxygen atoms in total. The van der Waals surface area contributed by atoms with Crippen LogP contribution in [0.4, 0.5) is 5.95 Å². The second-order valence-corrected chi connectivity index (χ2v) is 6.71. The van der Waals surface area contributed by atoms with Gasteiger partial charge in [0.1, 0.15) is 4.88 Å². The Bertz CT molecular complexity index is 651. The first kappa shape index (κ1) is 15.8. The number of hydrogen-bond donors (Lipinski definition) is 1. The smallest absolute Gasteiger partial charge is 0.265 e. The second kappa shape index (κ2) is 6.59. The molecule has 0 aromatic carbocycles. The van der Waals surface area contributed by atoms with Crippen LogP contribution in [0.25, 0.3) is 0 Å². The maximum absolute atomic E-state index is 12.3. The number of carbonyl (C=O) groups is 1. The quantitative estimate of drug-likeness (QED) is 0.900. The predicted octanol–water partition coefficient (Wildman–Crippen LogP) is 1.04. The zero-order valence-corrected chi connectivity index (χ0v) is 13.7. The Morgan fingerprint density at radius 2 is 2.26 bits per heavy atom. The highest BCUT2D eigenvalue weighted by Gasteiger charge is 2.36. The molecular formula is C15H19N5O2S. The van der Waals surface area contributed by atoms with E-state index in [1.165, 1.54) is 11.3 Å². The lowest BCUT2D eigenvalue weighted by atomic mass is 9.92. The number of amides is 1. The fraction of sp³-hybridized carbons (Fsp3) is 0.467. The van der Waals surface area contributed by atoms with E-state index in [9.17, 15) is 9.90 Å². The number of anilines is 1. The number of likely N-dealkylation sites (N-methyl/N-ethyl adjacent to an activating group) is 1. The first-order valence-electron chi connectivity index (χ1n) is 7.46. The number of nitrogens with zero attached hydrogens (tertiary/aromatic N) is 5. The molecule has 3 heterocycles. The number of hydrogen-bond acceptors (Lipinski definition) is 7. The molecule has 1 unspecified atom stereocenters. The van der Waals surface area contributed by atoms with Gasteiger partial charge in [0.05, 0.1) is 30.4 Å². The van der Waals surface area contributed by atoms with E-state index in [-0.39, 0.29) is 12.5 Å². The average molecular weight is 333 g/mol. The van der Waals surface area contributed by atoms with E-state index in [4.69, 9.17) is 0 Å². The Labute approximate surface area is 138 Å². The minimum absolute atomic E-state index is 0.117. The van der Waals surface area contributed by atoms with Crippen molar-refractivity contribution in [3.8, 4) is 0 Å². The van der Waals surface area contributed by atoms with Crippen LogP contribution in [0.2, 0.25) is 0 Å². The standard InChI is InChI=1S/C15H19N5O2S/c1-19(13(21)12-8-16-11-23-12)9-15(22)4-2-7-20(10-15)14-17-5-3-6-18-14/h3,5-6,8,11,22H,2,4,7,9-10H2,1H3. The third-order valence-electron chi connectivity index (χ3n) is 3.91. The Balaban J connectivity index is 1.67. The highest BCUT2D eigenvalue weighted by atomic mass is 32.1. The molecule has 122 valence electrons. The Morgan fingerprint density at radius 1 is 1.48 bits per heavy atom. The maximum atomic E-state index is 12.3. The Kier molecular flexibility index (Phi) is 4.53. The lowest BCUT2D eigenvalue weighted by Crippen LogP contribution is -2.55. The maximum Gasteiger partial charge on any atom is 0.265 e. The van der Waals surface area contributed by atoms with E-state index >= 15 is 0 Å². The average Bonchev–Trinajstić information content (AvgIpc) is 3.09. The molecule has 1 fully saturated rings. The van der Waals surface area contributed by atoms with Gasteiger partial charge in [0, 0.05) is 26.0 Å². The van der Waals surface area contributed by atoms with E-state index in [1.54, 1.807) is 42.1 Å². The summed E-state index contributed by atoms with van der Waals surface area (Å²) < 4.78 is 0. The van der Waals surface area contributed by atoms with Crippen LogP contribution in [0.3, 0.4) is 0 Å². The molecule has 1 aliphatic heterocycles. The molecule has 0 radical (unpaired) electrons. The summed E-state index contributed by atoms with van der Waals surface area (Å²) >= 11 is 1.30. The summed E-state index contributed by atoms with van der Waals surface area (Å²) in [6.45, 7) is 1.49. The van der Waals surface area contributed by atoms with E-state index in [2.05, 4.69) is 15.0 Å². The molecule has 0 aliphatic carbocycles. The minimum Gasteiger partial charge on any atom is -0.386 e. The van der Waals surface area contributed by atoms with Crippen LogP contribution < -0.4 is 4.90 Å². The second-order valence-electron chi connectivity index (χ2n) is 5.83. The van der Waals surface area contributed by atoms with Crippen molar-refractivity contribution in [2.24, 2.45) is 0 Å². The number of piperidine rings is 1. The summed E-state index contributed by atoms with van der Waals surface area (Å²) in [6, 6.07) is 1.77. The number of aliphatic hydroxyl groups is 1. The highest BCUT2D eigenvalue weighted by molar-refractivity contribution is 7.11. The van der Waals surface area contributed by atoms with E-state index in [1.807, 2.05) is 4.90 Å². The van der Waals surface area contributed by atoms with Gasteiger partial charge in [-0.3, -0.25) is 9.78 Å². The lowest BCUT2D eigenvalue weighted by molar-refractivity contribution is -0.000180. The van der Waals surface area contributed by atoms with Gasteiger partial charge in [-0.2, -0.15) is 0 Å². The predicted molar refractivity (Wildman–Crippen MR) is 87.5 cm³/mol. The molecule has 23 heavy (non-hydrogen) atoms. The number of β-amino-alcohol motifs (C(OH)–C–C–N with tert-alkyl or cyclic N) is 1. The van der Waals surface area contributed by atoms with Crippen LogP contribution in [0.15, 0.2) is 30.2 Å². The largest absolute Gasteiger partial charge is 0.386 e. The van der Waals surface area contributed by atoms with Gasteiger partial charge in [0.2, 0.25) is 5.95 Å². The third kappa shape index (κ3) is 3.65. The van der Waals surface area contributed by atoms with Crippen molar-refractivity contribution in [3.63, 3.8) is 0 Å². The van der Waals surface area contributed by atoms with Crippen LogP contribution >= 0.6 is 11.3 Å². The first-order chi connectivity index (χ1) is 11.1. The van der Waals surface area contributed by atoms with Crippen molar-refractivity contribution in [1.82, 2.24) is 19.9 Å². The van der Waals surface area contributed by atoms with Crippen LogP contribution in [-0.4, -0.2) is 63.1 Å². The van der Waals surface area contributed by atoms with Crippen molar-refractivity contribution in [2.75, 3.05) is 31.6 Å². The summed E-state index contributed by atoms with van der Waals surface area (Å²) in [6.07, 6.45) is 6.41. The van der Waals surface area contributed by atoms with Crippen molar-refractivity contribution < 1.29 is 9.90 Å². The molecule has 3 rings (SSSR count). The lowest BCUT2D eigenvalue weighted by Gasteiger charge is -2.41. The van der Waals surface area contributed by atoms with Gasteiger partial charge in [0.15, 0.2) is 0 Å². The molecule has 0 spiro atoms. The monoisotopic (exact) mass is 333 g/mol. The molecule has 1 saturated heterocycles.